The number of nitrogens with one attached hydrogen (secondary N) is 1. The first kappa shape index (κ1) is 14.1. The summed E-state index contributed by atoms with van der Waals surface area (Å²) in [5.41, 5.74) is 0.0859. The van der Waals surface area contributed by atoms with E-state index in [4.69, 9.17) is 0 Å². The molecule has 2 aromatic rings. The topological polar surface area (TPSA) is 24.9 Å². The number of hydrogen-bond acceptors (Lipinski definition) is 3. The van der Waals surface area contributed by atoms with Crippen LogP contribution in [-0.4, -0.2) is 4.98 Å². The Morgan fingerprint density at radius 2 is 2.00 bits per heavy atom. The second-order valence-electron chi connectivity index (χ2n) is 4.31. The van der Waals surface area contributed by atoms with E-state index in [-0.39, 0.29) is 11.6 Å². The normalized spacial score (nSPS) is 12.6. The average molecular weight is 282 g/mol. The maximum absolute atomic E-state index is 13.6. The largest absolute Gasteiger partial charge is 0.305 e. The van der Waals surface area contributed by atoms with Crippen LogP contribution in [0.15, 0.2) is 24.4 Å². The summed E-state index contributed by atoms with van der Waals surface area (Å²) < 4.78 is 27.2. The van der Waals surface area contributed by atoms with Gasteiger partial charge in [0.15, 0.2) is 0 Å². The Hall–Kier alpha value is -1.33. The summed E-state index contributed by atoms with van der Waals surface area (Å²) >= 11 is 1.62. The lowest BCUT2D eigenvalue weighted by Crippen LogP contribution is -2.19. The van der Waals surface area contributed by atoms with E-state index in [0.29, 0.717) is 6.54 Å². The lowest BCUT2D eigenvalue weighted by Gasteiger charge is -2.15. The zero-order valence-corrected chi connectivity index (χ0v) is 11.7. The quantitative estimate of drug-likeness (QED) is 0.901. The van der Waals surface area contributed by atoms with Gasteiger partial charge in [-0.05, 0) is 25.5 Å². The molecule has 0 aliphatic heterocycles. The molecule has 0 spiro atoms. The third kappa shape index (κ3) is 3.36. The van der Waals surface area contributed by atoms with E-state index in [2.05, 4.69) is 10.3 Å². The zero-order valence-electron chi connectivity index (χ0n) is 10.9. The summed E-state index contributed by atoms with van der Waals surface area (Å²) in [6, 6.07) is 3.54. The minimum absolute atomic E-state index is 0.0859. The number of hydrogen-bond donors (Lipinski definition) is 1. The molecule has 0 saturated heterocycles. The number of nitrogens with zero attached hydrogens (tertiary/aromatic N) is 1. The second kappa shape index (κ2) is 6.21. The van der Waals surface area contributed by atoms with E-state index in [1.807, 2.05) is 6.92 Å². The molecule has 1 unspecified atom stereocenters. The Morgan fingerprint density at radius 1 is 1.32 bits per heavy atom. The van der Waals surface area contributed by atoms with Gasteiger partial charge >= 0.3 is 0 Å². The molecule has 0 radical (unpaired) electrons. The Kier molecular flexibility index (Phi) is 4.61. The zero-order chi connectivity index (χ0) is 13.8. The monoisotopic (exact) mass is 282 g/mol. The van der Waals surface area contributed by atoms with E-state index < -0.39 is 11.6 Å². The van der Waals surface area contributed by atoms with Crippen LogP contribution in [0, 0.1) is 11.6 Å². The van der Waals surface area contributed by atoms with Gasteiger partial charge in [-0.1, -0.05) is 13.0 Å². The Bertz CT molecular complexity index is 534. The predicted octanol–water partition coefficient (Wildman–Crippen LogP) is 3.83. The standard InChI is InChI=1S/C14H16F2N2S/c1-3-13-18-8-10(19-13)7-17-9(2)14-11(15)5-4-6-12(14)16/h4-6,8-9,17H,3,7H2,1-2H3. The third-order valence-electron chi connectivity index (χ3n) is 2.92. The molecule has 0 amide bonds. The molecule has 1 aromatic heterocycles. The first-order valence-corrected chi connectivity index (χ1v) is 7.04. The molecule has 0 aliphatic carbocycles. The van der Waals surface area contributed by atoms with Crippen molar-refractivity contribution >= 4 is 11.3 Å². The maximum atomic E-state index is 13.6. The first-order chi connectivity index (χ1) is 9.11. The van der Waals surface area contributed by atoms with Crippen LogP contribution in [-0.2, 0) is 13.0 Å². The summed E-state index contributed by atoms with van der Waals surface area (Å²) in [6.07, 6.45) is 2.71. The number of aryl methyl sites for hydroxylation is 1. The number of aromatic nitrogens is 1. The molecule has 1 aromatic carbocycles. The molecule has 0 saturated carbocycles. The Balaban J connectivity index is 2.03. The lowest BCUT2D eigenvalue weighted by atomic mass is 10.1. The van der Waals surface area contributed by atoms with E-state index in [9.17, 15) is 8.78 Å². The van der Waals surface area contributed by atoms with Crippen molar-refractivity contribution in [2.75, 3.05) is 0 Å². The molecule has 1 N–H and O–H groups in total. The molecular formula is C14H16F2N2S. The summed E-state index contributed by atoms with van der Waals surface area (Å²) in [7, 11) is 0. The van der Waals surface area contributed by atoms with Gasteiger partial charge in [0.2, 0.25) is 0 Å². The van der Waals surface area contributed by atoms with Gasteiger partial charge in [0.05, 0.1) is 5.01 Å². The van der Waals surface area contributed by atoms with Crippen LogP contribution in [0.4, 0.5) is 8.78 Å². The molecule has 0 aliphatic rings. The van der Waals surface area contributed by atoms with Gasteiger partial charge < -0.3 is 5.32 Å². The minimum atomic E-state index is -0.515. The fraction of sp³-hybridized carbons (Fsp3) is 0.357. The van der Waals surface area contributed by atoms with Crippen molar-refractivity contribution in [2.45, 2.75) is 32.9 Å². The van der Waals surface area contributed by atoms with E-state index in [0.717, 1.165) is 16.3 Å². The van der Waals surface area contributed by atoms with Crippen molar-refractivity contribution in [1.82, 2.24) is 10.3 Å². The SMILES string of the molecule is CCc1ncc(CNC(C)c2c(F)cccc2F)s1. The highest BCUT2D eigenvalue weighted by molar-refractivity contribution is 7.11. The number of rotatable bonds is 5. The molecule has 2 rings (SSSR count). The fourth-order valence-corrected chi connectivity index (χ4v) is 2.69. The summed E-state index contributed by atoms with van der Waals surface area (Å²) in [5, 5.41) is 4.20. The van der Waals surface area contributed by atoms with E-state index >= 15 is 0 Å². The molecule has 1 heterocycles. The van der Waals surface area contributed by atoms with Gasteiger partial charge in [-0.3, -0.25) is 0 Å². The molecule has 0 bridgehead atoms. The first-order valence-electron chi connectivity index (χ1n) is 6.22. The smallest absolute Gasteiger partial charge is 0.130 e. The van der Waals surface area contributed by atoms with Gasteiger partial charge in [0.1, 0.15) is 11.6 Å². The van der Waals surface area contributed by atoms with Crippen molar-refractivity contribution in [2.24, 2.45) is 0 Å². The Labute approximate surface area is 115 Å². The lowest BCUT2D eigenvalue weighted by molar-refractivity contribution is 0.489. The highest BCUT2D eigenvalue weighted by Crippen LogP contribution is 2.21. The van der Waals surface area contributed by atoms with Crippen molar-refractivity contribution in [1.29, 1.82) is 0 Å². The second-order valence-corrected chi connectivity index (χ2v) is 5.51. The summed E-state index contributed by atoms with van der Waals surface area (Å²) in [5.74, 6) is -1.03. The Morgan fingerprint density at radius 3 is 2.58 bits per heavy atom. The van der Waals surface area contributed by atoms with Crippen molar-refractivity contribution in [3.05, 3.63) is 51.5 Å². The molecule has 0 fully saturated rings. The number of halogens is 2. The summed E-state index contributed by atoms with van der Waals surface area (Å²) in [4.78, 5) is 5.32. The highest BCUT2D eigenvalue weighted by atomic mass is 32.1. The fourth-order valence-electron chi connectivity index (χ4n) is 1.87. The van der Waals surface area contributed by atoms with Gasteiger partial charge in [0.25, 0.3) is 0 Å². The number of thiazole rings is 1. The molecular weight excluding hydrogens is 266 g/mol. The molecule has 19 heavy (non-hydrogen) atoms. The van der Waals surface area contributed by atoms with Crippen LogP contribution in [0.5, 0.6) is 0 Å². The van der Waals surface area contributed by atoms with Crippen molar-refractivity contribution < 1.29 is 8.78 Å². The van der Waals surface area contributed by atoms with Crippen LogP contribution in [0.3, 0.4) is 0 Å². The molecule has 5 heteroatoms. The van der Waals surface area contributed by atoms with Crippen LogP contribution in [0.25, 0.3) is 0 Å². The predicted molar refractivity (Wildman–Crippen MR) is 73.1 cm³/mol. The van der Waals surface area contributed by atoms with Gasteiger partial charge in [0, 0.05) is 29.2 Å². The van der Waals surface area contributed by atoms with Gasteiger partial charge in [-0.2, -0.15) is 0 Å². The third-order valence-corrected chi connectivity index (χ3v) is 4.06. The highest BCUT2D eigenvalue weighted by Gasteiger charge is 2.15. The minimum Gasteiger partial charge on any atom is -0.305 e. The summed E-state index contributed by atoms with van der Waals surface area (Å²) in [6.45, 7) is 4.36. The number of benzene rings is 1. The van der Waals surface area contributed by atoms with Crippen molar-refractivity contribution in [3.8, 4) is 0 Å². The molecule has 102 valence electrons. The molecule has 2 nitrogen and oxygen atoms in total. The molecule has 1 atom stereocenters. The van der Waals surface area contributed by atoms with Crippen LogP contribution >= 0.6 is 11.3 Å². The van der Waals surface area contributed by atoms with Crippen molar-refractivity contribution in [3.63, 3.8) is 0 Å². The van der Waals surface area contributed by atoms with Crippen LogP contribution in [0.2, 0.25) is 0 Å². The van der Waals surface area contributed by atoms with Crippen LogP contribution in [0.1, 0.15) is 35.3 Å². The average Bonchev–Trinajstić information content (AvgIpc) is 2.84. The van der Waals surface area contributed by atoms with E-state index in [1.54, 1.807) is 24.5 Å². The van der Waals surface area contributed by atoms with Gasteiger partial charge in [-0.25, -0.2) is 13.8 Å². The maximum Gasteiger partial charge on any atom is 0.130 e. The van der Waals surface area contributed by atoms with E-state index in [1.165, 1.54) is 18.2 Å². The van der Waals surface area contributed by atoms with Gasteiger partial charge in [-0.15, -0.1) is 11.3 Å². The van der Waals surface area contributed by atoms with Crippen LogP contribution < -0.4 is 5.32 Å².